The normalized spacial score (nSPS) is 11.8. The maximum atomic E-state index is 4.91. The van der Waals surface area contributed by atoms with E-state index in [0.29, 0.717) is 0 Å². The molecule has 0 aliphatic rings. The molecule has 0 unspecified atom stereocenters. The average molecular weight is 342 g/mol. The predicted molar refractivity (Wildman–Crippen MR) is 101 cm³/mol. The second-order valence-corrected chi connectivity index (χ2v) is 6.58. The van der Waals surface area contributed by atoms with E-state index in [4.69, 9.17) is 4.98 Å². The molecule has 0 aliphatic carbocycles. The number of rotatable bonds is 3. The van der Waals surface area contributed by atoms with Gasteiger partial charge in [-0.1, -0.05) is 6.07 Å². The first-order chi connectivity index (χ1) is 12.7. The van der Waals surface area contributed by atoms with Crippen molar-refractivity contribution in [1.82, 2.24) is 29.1 Å². The van der Waals surface area contributed by atoms with Gasteiger partial charge in [0.2, 0.25) is 0 Å². The standard InChI is InChI=1S/C20H18N6/c1-13-12-15-20(14-6-5-10-21-19(13)14)23-17(25(15)2)9-8-16-22-18-7-3-4-11-26(18)24-16/h3-7,10-12H,8-9H2,1-2H3. The Morgan fingerprint density at radius 1 is 1.00 bits per heavy atom. The van der Waals surface area contributed by atoms with E-state index in [0.717, 1.165) is 52.1 Å². The van der Waals surface area contributed by atoms with Crippen molar-refractivity contribution in [3.63, 3.8) is 0 Å². The van der Waals surface area contributed by atoms with Crippen LogP contribution in [0.1, 0.15) is 17.2 Å². The van der Waals surface area contributed by atoms with Gasteiger partial charge in [0, 0.05) is 37.7 Å². The quantitative estimate of drug-likeness (QED) is 0.505. The van der Waals surface area contributed by atoms with E-state index >= 15 is 0 Å². The summed E-state index contributed by atoms with van der Waals surface area (Å²) in [6.45, 7) is 2.10. The zero-order valence-corrected chi connectivity index (χ0v) is 14.7. The molecule has 1 aromatic carbocycles. The van der Waals surface area contributed by atoms with Gasteiger partial charge in [0.25, 0.3) is 0 Å². The van der Waals surface area contributed by atoms with Gasteiger partial charge in [0.15, 0.2) is 11.5 Å². The number of aryl methyl sites for hydroxylation is 4. The minimum absolute atomic E-state index is 0.758. The number of hydrogen-bond donors (Lipinski definition) is 0. The predicted octanol–water partition coefficient (Wildman–Crippen LogP) is 3.26. The molecule has 128 valence electrons. The van der Waals surface area contributed by atoms with E-state index in [1.165, 1.54) is 5.56 Å². The van der Waals surface area contributed by atoms with Crippen molar-refractivity contribution < 1.29 is 0 Å². The highest BCUT2D eigenvalue weighted by atomic mass is 15.3. The van der Waals surface area contributed by atoms with E-state index in [-0.39, 0.29) is 0 Å². The molecular weight excluding hydrogens is 324 g/mol. The van der Waals surface area contributed by atoms with Crippen LogP contribution in [0.5, 0.6) is 0 Å². The molecule has 6 nitrogen and oxygen atoms in total. The van der Waals surface area contributed by atoms with E-state index in [1.807, 2.05) is 41.2 Å². The van der Waals surface area contributed by atoms with Crippen LogP contribution in [-0.2, 0) is 19.9 Å². The largest absolute Gasteiger partial charge is 0.331 e. The van der Waals surface area contributed by atoms with Gasteiger partial charge in [-0.25, -0.2) is 14.5 Å². The monoisotopic (exact) mass is 342 g/mol. The molecule has 0 aliphatic heterocycles. The lowest BCUT2D eigenvalue weighted by Crippen LogP contribution is -2.01. The first-order valence-electron chi connectivity index (χ1n) is 8.70. The van der Waals surface area contributed by atoms with Crippen LogP contribution in [0, 0.1) is 6.92 Å². The summed E-state index contributed by atoms with van der Waals surface area (Å²) in [6.07, 6.45) is 5.31. The molecule has 0 amide bonds. The molecule has 0 fully saturated rings. The van der Waals surface area contributed by atoms with Gasteiger partial charge in [-0.15, -0.1) is 0 Å². The molecular formula is C20H18N6. The highest BCUT2D eigenvalue weighted by Gasteiger charge is 2.14. The Kier molecular flexibility index (Phi) is 3.25. The molecule has 0 atom stereocenters. The Bertz CT molecular complexity index is 1230. The molecule has 0 saturated carbocycles. The lowest BCUT2D eigenvalue weighted by Gasteiger charge is -2.03. The maximum absolute atomic E-state index is 4.91. The zero-order chi connectivity index (χ0) is 17.7. The van der Waals surface area contributed by atoms with Crippen molar-refractivity contribution in [3.05, 3.63) is 66.0 Å². The van der Waals surface area contributed by atoms with Crippen molar-refractivity contribution in [2.24, 2.45) is 7.05 Å². The Hall–Kier alpha value is -3.28. The topological polar surface area (TPSA) is 60.9 Å². The minimum atomic E-state index is 0.758. The van der Waals surface area contributed by atoms with Gasteiger partial charge in [0.1, 0.15) is 5.82 Å². The van der Waals surface area contributed by atoms with Crippen molar-refractivity contribution in [3.8, 4) is 0 Å². The van der Waals surface area contributed by atoms with E-state index < -0.39 is 0 Å². The fourth-order valence-electron chi connectivity index (χ4n) is 3.54. The number of hydrogen-bond acceptors (Lipinski definition) is 4. The summed E-state index contributed by atoms with van der Waals surface area (Å²) in [4.78, 5) is 14.0. The van der Waals surface area contributed by atoms with Gasteiger partial charge >= 0.3 is 0 Å². The van der Waals surface area contributed by atoms with E-state index in [2.05, 4.69) is 45.7 Å². The molecule has 0 saturated heterocycles. The third kappa shape index (κ3) is 2.26. The highest BCUT2D eigenvalue weighted by molar-refractivity contribution is 6.04. The minimum Gasteiger partial charge on any atom is -0.331 e. The van der Waals surface area contributed by atoms with Crippen LogP contribution in [0.3, 0.4) is 0 Å². The lowest BCUT2D eigenvalue weighted by molar-refractivity contribution is 0.755. The summed E-state index contributed by atoms with van der Waals surface area (Å²) in [5.41, 5.74) is 5.22. The molecule has 5 rings (SSSR count). The van der Waals surface area contributed by atoms with Crippen LogP contribution in [0.4, 0.5) is 0 Å². The SMILES string of the molecule is Cc1cc2c(nc(CCc3nc4ccccn4n3)n2C)c2cccnc12. The summed E-state index contributed by atoms with van der Waals surface area (Å²) in [6, 6.07) is 12.1. The van der Waals surface area contributed by atoms with Crippen LogP contribution in [0.15, 0.2) is 48.8 Å². The lowest BCUT2D eigenvalue weighted by atomic mass is 10.1. The molecule has 4 aromatic heterocycles. The molecule has 4 heterocycles. The molecule has 0 bridgehead atoms. The number of imidazole rings is 1. The van der Waals surface area contributed by atoms with Crippen molar-refractivity contribution >= 4 is 27.6 Å². The zero-order valence-electron chi connectivity index (χ0n) is 14.7. The third-order valence-electron chi connectivity index (χ3n) is 4.88. The smallest absolute Gasteiger partial charge is 0.155 e. The molecule has 26 heavy (non-hydrogen) atoms. The number of pyridine rings is 2. The van der Waals surface area contributed by atoms with Gasteiger partial charge in [-0.2, -0.15) is 5.10 Å². The van der Waals surface area contributed by atoms with Gasteiger partial charge in [-0.3, -0.25) is 4.98 Å². The molecule has 0 N–H and O–H groups in total. The second kappa shape index (κ2) is 5.62. The van der Waals surface area contributed by atoms with Crippen molar-refractivity contribution in [2.45, 2.75) is 19.8 Å². The Balaban J connectivity index is 1.54. The van der Waals surface area contributed by atoms with Gasteiger partial charge in [0.05, 0.1) is 16.6 Å². The Morgan fingerprint density at radius 2 is 1.92 bits per heavy atom. The summed E-state index contributed by atoms with van der Waals surface area (Å²) in [7, 11) is 2.07. The summed E-state index contributed by atoms with van der Waals surface area (Å²) < 4.78 is 3.98. The van der Waals surface area contributed by atoms with Gasteiger partial charge in [-0.05, 0) is 42.8 Å². The van der Waals surface area contributed by atoms with Crippen LogP contribution in [0.2, 0.25) is 0 Å². The average Bonchev–Trinajstić information content (AvgIpc) is 3.22. The Labute approximate surface area is 150 Å². The van der Waals surface area contributed by atoms with E-state index in [9.17, 15) is 0 Å². The number of nitrogens with zero attached hydrogens (tertiary/aromatic N) is 6. The van der Waals surface area contributed by atoms with Crippen LogP contribution in [0.25, 0.3) is 27.6 Å². The fraction of sp³-hybridized carbons (Fsp3) is 0.200. The number of benzene rings is 1. The third-order valence-corrected chi connectivity index (χ3v) is 4.88. The van der Waals surface area contributed by atoms with Crippen molar-refractivity contribution in [1.29, 1.82) is 0 Å². The number of fused-ring (bicyclic) bond motifs is 4. The molecule has 5 aromatic rings. The maximum Gasteiger partial charge on any atom is 0.155 e. The van der Waals surface area contributed by atoms with Gasteiger partial charge < -0.3 is 4.57 Å². The Morgan fingerprint density at radius 3 is 2.81 bits per heavy atom. The second-order valence-electron chi connectivity index (χ2n) is 6.58. The summed E-state index contributed by atoms with van der Waals surface area (Å²) in [5, 5.41) is 5.64. The first kappa shape index (κ1) is 15.0. The first-order valence-corrected chi connectivity index (χ1v) is 8.70. The summed E-state index contributed by atoms with van der Waals surface area (Å²) in [5.74, 6) is 1.88. The van der Waals surface area contributed by atoms with Crippen LogP contribution < -0.4 is 0 Å². The molecule has 0 radical (unpaired) electrons. The summed E-state index contributed by atoms with van der Waals surface area (Å²) >= 11 is 0. The number of aromatic nitrogens is 6. The van der Waals surface area contributed by atoms with Crippen LogP contribution >= 0.6 is 0 Å². The molecule has 0 spiro atoms. The fourth-order valence-corrected chi connectivity index (χ4v) is 3.54. The van der Waals surface area contributed by atoms with Crippen LogP contribution in [-0.4, -0.2) is 29.1 Å². The van der Waals surface area contributed by atoms with Crippen molar-refractivity contribution in [2.75, 3.05) is 0 Å². The van der Waals surface area contributed by atoms with E-state index in [1.54, 1.807) is 0 Å². The molecule has 6 heteroatoms. The highest BCUT2D eigenvalue weighted by Crippen LogP contribution is 2.27.